The molecule has 192 valence electrons. The van der Waals surface area contributed by atoms with Gasteiger partial charge in [0.1, 0.15) is 18.2 Å². The normalized spacial score (nSPS) is 17.6. The maximum atomic E-state index is 14.6. The second kappa shape index (κ2) is 11.1. The van der Waals surface area contributed by atoms with E-state index in [9.17, 15) is 18.7 Å². The summed E-state index contributed by atoms with van der Waals surface area (Å²) in [5.74, 6) is -1.27. The number of nitrogens with one attached hydrogen (secondary N) is 1. The van der Waals surface area contributed by atoms with Crippen molar-refractivity contribution in [1.29, 1.82) is 0 Å². The van der Waals surface area contributed by atoms with Gasteiger partial charge in [0.2, 0.25) is 0 Å². The molecule has 0 bridgehead atoms. The van der Waals surface area contributed by atoms with E-state index in [1.165, 1.54) is 17.0 Å². The molecule has 5 rings (SSSR count). The predicted molar refractivity (Wildman–Crippen MR) is 137 cm³/mol. The number of likely N-dealkylation sites (tertiary alicyclic amines) is 1. The molecule has 1 amide bonds. The molecule has 0 saturated carbocycles. The number of aliphatic hydroxyl groups is 1. The number of aromatic amines is 1. The van der Waals surface area contributed by atoms with E-state index in [4.69, 9.17) is 4.74 Å². The first kappa shape index (κ1) is 24.9. The number of hydrogen-bond donors (Lipinski definition) is 2. The number of rotatable bonds is 8. The Labute approximate surface area is 214 Å². The Morgan fingerprint density at radius 1 is 1.03 bits per heavy atom. The van der Waals surface area contributed by atoms with Crippen LogP contribution in [-0.4, -0.2) is 57.8 Å². The number of benzene rings is 3. The number of nitrogens with zero attached hydrogens (tertiary/aromatic N) is 2. The quantitative estimate of drug-likeness (QED) is 0.359. The van der Waals surface area contributed by atoms with Crippen LogP contribution in [0.1, 0.15) is 16.7 Å². The minimum Gasteiger partial charge on any atom is -0.445 e. The van der Waals surface area contributed by atoms with Crippen LogP contribution in [-0.2, 0) is 24.3 Å². The molecule has 0 spiro atoms. The first-order chi connectivity index (χ1) is 18.0. The second-order valence-electron chi connectivity index (χ2n) is 9.40. The SMILES string of the molecule is O=C(OCc1ccccc1)N1C[C@@H](O)[C@H](N(CCc2c[nH]c3ccccc23)Cc2ccc(F)cc2F)C1. The third-order valence-corrected chi connectivity index (χ3v) is 6.92. The fraction of sp³-hybridized carbons (Fsp3) is 0.276. The van der Waals surface area contributed by atoms with Crippen LogP contribution in [0, 0.1) is 11.6 Å². The summed E-state index contributed by atoms with van der Waals surface area (Å²) < 4.78 is 33.5. The molecule has 1 aromatic heterocycles. The highest BCUT2D eigenvalue weighted by atomic mass is 19.1. The van der Waals surface area contributed by atoms with Crippen LogP contribution in [0.25, 0.3) is 10.9 Å². The Kier molecular flexibility index (Phi) is 7.48. The first-order valence-electron chi connectivity index (χ1n) is 12.3. The van der Waals surface area contributed by atoms with Crippen molar-refractivity contribution in [3.8, 4) is 0 Å². The summed E-state index contributed by atoms with van der Waals surface area (Å²) in [4.78, 5) is 19.5. The topological polar surface area (TPSA) is 68.8 Å². The Morgan fingerprint density at radius 3 is 2.62 bits per heavy atom. The first-order valence-corrected chi connectivity index (χ1v) is 12.3. The van der Waals surface area contributed by atoms with Crippen LogP contribution in [0.2, 0.25) is 0 Å². The van der Waals surface area contributed by atoms with Crippen molar-refractivity contribution < 1.29 is 23.4 Å². The van der Waals surface area contributed by atoms with E-state index in [-0.39, 0.29) is 26.2 Å². The number of halogens is 2. The lowest BCUT2D eigenvalue weighted by atomic mass is 10.1. The van der Waals surface area contributed by atoms with Gasteiger partial charge in [0.05, 0.1) is 18.7 Å². The lowest BCUT2D eigenvalue weighted by Crippen LogP contribution is -2.44. The Bertz CT molecular complexity index is 1360. The van der Waals surface area contributed by atoms with Crippen molar-refractivity contribution in [3.05, 3.63) is 107 Å². The van der Waals surface area contributed by atoms with E-state index in [1.54, 1.807) is 0 Å². The number of hydrogen-bond acceptors (Lipinski definition) is 4. The average Bonchev–Trinajstić information content (AvgIpc) is 3.50. The van der Waals surface area contributed by atoms with Gasteiger partial charge in [0.25, 0.3) is 0 Å². The fourth-order valence-electron chi connectivity index (χ4n) is 4.92. The summed E-state index contributed by atoms with van der Waals surface area (Å²) in [6, 6.07) is 20.5. The van der Waals surface area contributed by atoms with Gasteiger partial charge in [-0.3, -0.25) is 4.90 Å². The van der Waals surface area contributed by atoms with Gasteiger partial charge in [0.15, 0.2) is 0 Å². The van der Waals surface area contributed by atoms with Crippen LogP contribution in [0.4, 0.5) is 13.6 Å². The Hall–Kier alpha value is -3.75. The summed E-state index contributed by atoms with van der Waals surface area (Å²) in [5, 5.41) is 12.0. The summed E-state index contributed by atoms with van der Waals surface area (Å²) in [5.41, 5.74) is 3.34. The Balaban J connectivity index is 1.31. The molecule has 2 N–H and O–H groups in total. The van der Waals surface area contributed by atoms with Crippen LogP contribution < -0.4 is 0 Å². The highest BCUT2D eigenvalue weighted by Crippen LogP contribution is 2.24. The minimum absolute atomic E-state index is 0.119. The maximum absolute atomic E-state index is 14.6. The monoisotopic (exact) mass is 505 g/mol. The van der Waals surface area contributed by atoms with E-state index in [0.29, 0.717) is 18.5 Å². The maximum Gasteiger partial charge on any atom is 0.410 e. The molecule has 2 heterocycles. The van der Waals surface area contributed by atoms with Crippen molar-refractivity contribution >= 4 is 17.0 Å². The molecule has 1 aliphatic rings. The van der Waals surface area contributed by atoms with Crippen molar-refractivity contribution in [2.24, 2.45) is 0 Å². The molecule has 8 heteroatoms. The third kappa shape index (κ3) is 5.81. The molecule has 4 aromatic rings. The van der Waals surface area contributed by atoms with Gasteiger partial charge in [-0.05, 0) is 29.7 Å². The molecule has 0 unspecified atom stereocenters. The number of carbonyl (C=O) groups excluding carboxylic acids is 1. The van der Waals surface area contributed by atoms with Gasteiger partial charge in [-0.15, -0.1) is 0 Å². The van der Waals surface area contributed by atoms with Crippen LogP contribution in [0.5, 0.6) is 0 Å². The lowest BCUT2D eigenvalue weighted by molar-refractivity contribution is 0.0776. The number of aromatic nitrogens is 1. The largest absolute Gasteiger partial charge is 0.445 e. The molecule has 1 saturated heterocycles. The van der Waals surface area contributed by atoms with E-state index < -0.39 is 29.9 Å². The zero-order chi connectivity index (χ0) is 25.8. The molecule has 3 aromatic carbocycles. The molecule has 0 aliphatic carbocycles. The van der Waals surface area contributed by atoms with Gasteiger partial charge < -0.3 is 19.7 Å². The van der Waals surface area contributed by atoms with Gasteiger partial charge in [0, 0.05) is 48.4 Å². The molecule has 1 aliphatic heterocycles. The van der Waals surface area contributed by atoms with E-state index in [2.05, 4.69) is 4.98 Å². The van der Waals surface area contributed by atoms with Crippen molar-refractivity contribution in [2.75, 3.05) is 19.6 Å². The van der Waals surface area contributed by atoms with Crippen LogP contribution in [0.3, 0.4) is 0 Å². The second-order valence-corrected chi connectivity index (χ2v) is 9.40. The zero-order valence-corrected chi connectivity index (χ0v) is 20.3. The third-order valence-electron chi connectivity index (χ3n) is 6.92. The number of β-amino-alcohol motifs (C(OH)–C–C–N with tert-alkyl or cyclic N) is 1. The van der Waals surface area contributed by atoms with E-state index in [0.717, 1.165) is 28.1 Å². The van der Waals surface area contributed by atoms with Crippen molar-refractivity contribution in [2.45, 2.75) is 31.7 Å². The van der Waals surface area contributed by atoms with Gasteiger partial charge in [-0.1, -0.05) is 54.6 Å². The average molecular weight is 506 g/mol. The number of ether oxygens (including phenoxy) is 1. The zero-order valence-electron chi connectivity index (χ0n) is 20.3. The standard InChI is InChI=1S/C29H29F2N3O3/c30-23-11-10-22(25(31)14-23)16-33(13-12-21-15-32-26-9-5-4-8-24(21)26)27-17-34(18-28(27)35)29(36)37-19-20-6-2-1-3-7-20/h1-11,14-15,27-28,32,35H,12-13,16-19H2/t27-,28-/m1/s1. The van der Waals surface area contributed by atoms with Gasteiger partial charge in [-0.2, -0.15) is 0 Å². The number of aliphatic hydroxyl groups excluding tert-OH is 1. The van der Waals surface area contributed by atoms with E-state index in [1.807, 2.05) is 65.7 Å². The number of fused-ring (bicyclic) bond motifs is 1. The van der Waals surface area contributed by atoms with Crippen molar-refractivity contribution in [3.63, 3.8) is 0 Å². The summed E-state index contributed by atoms with van der Waals surface area (Å²) in [7, 11) is 0. The predicted octanol–water partition coefficient (Wildman–Crippen LogP) is 4.87. The minimum atomic E-state index is -0.837. The molecule has 6 nitrogen and oxygen atoms in total. The van der Waals surface area contributed by atoms with Gasteiger partial charge in [-0.25, -0.2) is 13.6 Å². The number of amides is 1. The number of H-pyrrole nitrogens is 1. The summed E-state index contributed by atoms with van der Waals surface area (Å²) in [6.45, 7) is 1.18. The van der Waals surface area contributed by atoms with Gasteiger partial charge >= 0.3 is 6.09 Å². The Morgan fingerprint density at radius 2 is 1.81 bits per heavy atom. The smallest absolute Gasteiger partial charge is 0.410 e. The lowest BCUT2D eigenvalue weighted by Gasteiger charge is -2.30. The molecule has 1 fully saturated rings. The summed E-state index contributed by atoms with van der Waals surface area (Å²) in [6.07, 6.45) is 1.26. The fourth-order valence-corrected chi connectivity index (χ4v) is 4.92. The highest BCUT2D eigenvalue weighted by Gasteiger charge is 2.38. The highest BCUT2D eigenvalue weighted by molar-refractivity contribution is 5.83. The van der Waals surface area contributed by atoms with E-state index >= 15 is 0 Å². The number of carbonyl (C=O) groups is 1. The van der Waals surface area contributed by atoms with Crippen LogP contribution >= 0.6 is 0 Å². The van der Waals surface area contributed by atoms with Crippen LogP contribution in [0.15, 0.2) is 79.0 Å². The molecule has 2 atom stereocenters. The molecular formula is C29H29F2N3O3. The molecule has 0 radical (unpaired) electrons. The van der Waals surface area contributed by atoms with Crippen molar-refractivity contribution in [1.82, 2.24) is 14.8 Å². The summed E-state index contributed by atoms with van der Waals surface area (Å²) >= 11 is 0. The molecular weight excluding hydrogens is 476 g/mol. The molecule has 37 heavy (non-hydrogen) atoms. The number of para-hydroxylation sites is 1.